The fourth-order valence-corrected chi connectivity index (χ4v) is 3.21. The molecule has 2 aromatic rings. The fraction of sp³-hybridized carbons (Fsp3) is 0.316. The summed E-state index contributed by atoms with van der Waals surface area (Å²) in [4.78, 5) is 28.5. The molecule has 3 nitrogen and oxygen atoms in total. The van der Waals surface area contributed by atoms with Gasteiger partial charge in [0.15, 0.2) is 11.6 Å². The van der Waals surface area contributed by atoms with Crippen molar-refractivity contribution in [1.29, 1.82) is 0 Å². The van der Waals surface area contributed by atoms with Gasteiger partial charge < -0.3 is 0 Å². The highest BCUT2D eigenvalue weighted by molar-refractivity contribution is 6.33. The van der Waals surface area contributed by atoms with Crippen molar-refractivity contribution >= 4 is 23.2 Å². The number of hydrogen-bond acceptors (Lipinski definition) is 3. The summed E-state index contributed by atoms with van der Waals surface area (Å²) in [5.41, 5.74) is 3.57. The Balaban J connectivity index is 1.66. The number of pyridine rings is 1. The van der Waals surface area contributed by atoms with Crippen LogP contribution in [0.3, 0.4) is 0 Å². The molecule has 1 aliphatic carbocycles. The predicted molar refractivity (Wildman–Crippen MR) is 90.2 cm³/mol. The maximum Gasteiger partial charge on any atom is 0.183 e. The molecule has 0 atom stereocenters. The van der Waals surface area contributed by atoms with Crippen LogP contribution in [0.4, 0.5) is 0 Å². The van der Waals surface area contributed by atoms with Crippen LogP contribution in [0.1, 0.15) is 57.7 Å². The van der Waals surface area contributed by atoms with Crippen LogP contribution < -0.4 is 0 Å². The van der Waals surface area contributed by atoms with E-state index in [-0.39, 0.29) is 30.1 Å². The first-order chi connectivity index (χ1) is 11.1. The highest BCUT2D eigenvalue weighted by Gasteiger charge is 2.16. The Morgan fingerprint density at radius 1 is 1.00 bits per heavy atom. The summed E-state index contributed by atoms with van der Waals surface area (Å²) >= 11 is 5.96. The minimum atomic E-state index is -0.193. The van der Waals surface area contributed by atoms with Crippen molar-refractivity contribution in [3.8, 4) is 0 Å². The molecule has 1 aromatic heterocycles. The van der Waals surface area contributed by atoms with Crippen LogP contribution in [-0.2, 0) is 12.8 Å². The first-order valence-electron chi connectivity index (χ1n) is 7.94. The second-order valence-corrected chi connectivity index (χ2v) is 6.28. The SMILES string of the molecule is O=C(CCC(=O)c1ncccc1Cl)c1ccc2c(c1)CCCC2. The van der Waals surface area contributed by atoms with Crippen molar-refractivity contribution < 1.29 is 9.59 Å². The number of nitrogens with zero attached hydrogens (tertiary/aromatic N) is 1. The molecule has 118 valence electrons. The van der Waals surface area contributed by atoms with Gasteiger partial charge in [0.2, 0.25) is 0 Å². The lowest BCUT2D eigenvalue weighted by atomic mass is 9.89. The van der Waals surface area contributed by atoms with Gasteiger partial charge in [-0.1, -0.05) is 23.7 Å². The third kappa shape index (κ3) is 3.67. The van der Waals surface area contributed by atoms with E-state index in [1.54, 1.807) is 12.1 Å². The number of carbonyl (C=O) groups is 2. The van der Waals surface area contributed by atoms with Crippen molar-refractivity contribution in [3.63, 3.8) is 0 Å². The van der Waals surface area contributed by atoms with Crippen LogP contribution in [0.5, 0.6) is 0 Å². The molecular weight excluding hydrogens is 310 g/mol. The molecule has 23 heavy (non-hydrogen) atoms. The van der Waals surface area contributed by atoms with Crippen molar-refractivity contribution in [1.82, 2.24) is 4.98 Å². The number of Topliss-reactive ketones (excluding diaryl/α,β-unsaturated/α-hetero) is 2. The average Bonchev–Trinajstić information content (AvgIpc) is 2.59. The van der Waals surface area contributed by atoms with Crippen molar-refractivity contribution in [2.45, 2.75) is 38.5 Å². The van der Waals surface area contributed by atoms with Crippen LogP contribution in [0.25, 0.3) is 0 Å². The van der Waals surface area contributed by atoms with Crippen LogP contribution in [0.15, 0.2) is 36.5 Å². The number of hydrogen-bond donors (Lipinski definition) is 0. The maximum atomic E-state index is 12.3. The summed E-state index contributed by atoms with van der Waals surface area (Å²) in [6.45, 7) is 0. The molecule has 0 aliphatic heterocycles. The summed E-state index contributed by atoms with van der Waals surface area (Å²) in [6.07, 6.45) is 6.39. The summed E-state index contributed by atoms with van der Waals surface area (Å²) < 4.78 is 0. The second-order valence-electron chi connectivity index (χ2n) is 5.87. The first-order valence-corrected chi connectivity index (χ1v) is 8.31. The maximum absolute atomic E-state index is 12.3. The summed E-state index contributed by atoms with van der Waals surface area (Å²) in [6, 6.07) is 9.24. The third-order valence-corrected chi connectivity index (χ3v) is 4.58. The molecule has 0 fully saturated rings. The van der Waals surface area contributed by atoms with E-state index in [9.17, 15) is 9.59 Å². The molecular formula is C19H18ClNO2. The van der Waals surface area contributed by atoms with E-state index in [1.165, 1.54) is 30.2 Å². The zero-order valence-electron chi connectivity index (χ0n) is 12.8. The monoisotopic (exact) mass is 327 g/mol. The summed E-state index contributed by atoms with van der Waals surface area (Å²) in [5, 5.41) is 0.332. The molecule has 0 saturated heterocycles. The second kappa shape index (κ2) is 7.05. The van der Waals surface area contributed by atoms with Crippen LogP contribution >= 0.6 is 11.6 Å². The quantitative estimate of drug-likeness (QED) is 0.762. The largest absolute Gasteiger partial charge is 0.294 e. The zero-order chi connectivity index (χ0) is 16.2. The van der Waals surface area contributed by atoms with E-state index in [0.29, 0.717) is 10.6 Å². The molecule has 1 aromatic carbocycles. The third-order valence-electron chi connectivity index (χ3n) is 4.27. The summed E-state index contributed by atoms with van der Waals surface area (Å²) in [7, 11) is 0. The molecule has 0 amide bonds. The lowest BCUT2D eigenvalue weighted by Crippen LogP contribution is -2.09. The number of halogens is 1. The Hall–Kier alpha value is -2.00. The molecule has 3 rings (SSSR count). The van der Waals surface area contributed by atoms with Crippen LogP contribution in [-0.4, -0.2) is 16.6 Å². The number of rotatable bonds is 5. The Labute approximate surface area is 140 Å². The lowest BCUT2D eigenvalue weighted by Gasteiger charge is -2.16. The standard InChI is InChI=1S/C19H18ClNO2/c20-16-6-3-11-21-19(16)18(23)10-9-17(22)15-8-7-13-4-1-2-5-14(13)12-15/h3,6-8,11-12H,1-2,4-5,9-10H2. The number of aryl methyl sites for hydroxylation is 2. The van der Waals surface area contributed by atoms with Crippen LogP contribution in [0, 0.1) is 0 Å². The summed E-state index contributed by atoms with van der Waals surface area (Å²) in [5.74, 6) is -0.194. The van der Waals surface area contributed by atoms with E-state index in [0.717, 1.165) is 12.8 Å². The highest BCUT2D eigenvalue weighted by Crippen LogP contribution is 2.23. The number of ketones is 2. The van der Waals surface area contributed by atoms with Crippen molar-refractivity contribution in [2.24, 2.45) is 0 Å². The fourth-order valence-electron chi connectivity index (χ4n) is 2.99. The van der Waals surface area contributed by atoms with Crippen molar-refractivity contribution in [2.75, 3.05) is 0 Å². The molecule has 0 spiro atoms. The zero-order valence-corrected chi connectivity index (χ0v) is 13.6. The molecule has 1 heterocycles. The normalized spacial score (nSPS) is 13.4. The van der Waals surface area contributed by atoms with E-state index >= 15 is 0 Å². The Morgan fingerprint density at radius 3 is 2.52 bits per heavy atom. The Kier molecular flexibility index (Phi) is 4.87. The van der Waals surface area contributed by atoms with Gasteiger partial charge in [-0.25, -0.2) is 0 Å². The van der Waals surface area contributed by atoms with Gasteiger partial charge in [0, 0.05) is 24.6 Å². The first kappa shape index (κ1) is 15.9. The van der Waals surface area contributed by atoms with Crippen molar-refractivity contribution in [3.05, 3.63) is 63.9 Å². The van der Waals surface area contributed by atoms with Crippen LogP contribution in [0.2, 0.25) is 5.02 Å². The van der Waals surface area contributed by atoms with E-state index in [2.05, 4.69) is 11.1 Å². The van der Waals surface area contributed by atoms with E-state index in [1.807, 2.05) is 12.1 Å². The molecule has 0 unspecified atom stereocenters. The number of carbonyl (C=O) groups excluding carboxylic acids is 2. The highest BCUT2D eigenvalue weighted by atomic mass is 35.5. The Bertz CT molecular complexity index is 755. The van der Waals surface area contributed by atoms with Gasteiger partial charge in [-0.3, -0.25) is 14.6 Å². The number of aromatic nitrogens is 1. The smallest absolute Gasteiger partial charge is 0.183 e. The van der Waals surface area contributed by atoms with Gasteiger partial charge in [0.1, 0.15) is 5.69 Å². The number of fused-ring (bicyclic) bond motifs is 1. The molecule has 1 aliphatic rings. The van der Waals surface area contributed by atoms with Gasteiger partial charge in [0.05, 0.1) is 5.02 Å². The number of benzene rings is 1. The van der Waals surface area contributed by atoms with Gasteiger partial charge >= 0.3 is 0 Å². The van der Waals surface area contributed by atoms with E-state index in [4.69, 9.17) is 11.6 Å². The van der Waals surface area contributed by atoms with E-state index < -0.39 is 0 Å². The van der Waals surface area contributed by atoms with Gasteiger partial charge in [0.25, 0.3) is 0 Å². The molecule has 0 bridgehead atoms. The van der Waals surface area contributed by atoms with Gasteiger partial charge in [-0.2, -0.15) is 0 Å². The van der Waals surface area contributed by atoms with Gasteiger partial charge in [-0.15, -0.1) is 0 Å². The minimum Gasteiger partial charge on any atom is -0.294 e. The Morgan fingerprint density at radius 2 is 1.74 bits per heavy atom. The topological polar surface area (TPSA) is 47.0 Å². The minimum absolute atomic E-state index is 0.00113. The predicted octanol–water partition coefficient (Wildman–Crippen LogP) is 4.46. The molecule has 4 heteroatoms. The molecule has 0 saturated carbocycles. The molecule has 0 N–H and O–H groups in total. The van der Waals surface area contributed by atoms with Gasteiger partial charge in [-0.05, 0) is 55.0 Å². The molecule has 0 radical (unpaired) electrons. The average molecular weight is 328 g/mol. The lowest BCUT2D eigenvalue weighted by molar-refractivity contribution is 0.0915.